The minimum Gasteiger partial charge on any atom is -0.481 e. The van der Waals surface area contributed by atoms with Gasteiger partial charge < -0.3 is 30.1 Å². The van der Waals surface area contributed by atoms with E-state index in [1.807, 2.05) is 12.1 Å². The maximum absolute atomic E-state index is 14.3. The number of halogens is 2. The Hall–Kier alpha value is -2.88. The number of methoxy groups -OCH3 is 1. The van der Waals surface area contributed by atoms with Crippen molar-refractivity contribution in [2.45, 2.75) is 44.6 Å². The second-order valence-corrected chi connectivity index (χ2v) is 9.20. The van der Waals surface area contributed by atoms with Gasteiger partial charge in [0.1, 0.15) is 5.82 Å². The quantitative estimate of drug-likeness (QED) is 0.349. The van der Waals surface area contributed by atoms with Gasteiger partial charge >= 0.3 is 12.0 Å². The highest BCUT2D eigenvalue weighted by molar-refractivity contribution is 6.30. The molecule has 0 aromatic heterocycles. The fourth-order valence-electron chi connectivity index (χ4n) is 4.45. The molecule has 1 fully saturated rings. The van der Waals surface area contributed by atoms with E-state index >= 15 is 0 Å². The molecule has 0 bridgehead atoms. The summed E-state index contributed by atoms with van der Waals surface area (Å²) >= 11 is 5.82. The highest BCUT2D eigenvalue weighted by atomic mass is 35.5. The first-order valence-corrected chi connectivity index (χ1v) is 12.4. The number of carboxylic acids is 1. The number of anilines is 3. The summed E-state index contributed by atoms with van der Waals surface area (Å²) in [6.07, 6.45) is 2.49. The Morgan fingerprint density at radius 1 is 1.19 bits per heavy atom. The van der Waals surface area contributed by atoms with Crippen LogP contribution in [0.5, 0.6) is 0 Å². The number of benzene rings is 2. The number of nitrogens with one attached hydrogen (secondary N) is 2. The van der Waals surface area contributed by atoms with Gasteiger partial charge in [-0.25, -0.2) is 9.18 Å². The molecule has 0 unspecified atom stereocenters. The van der Waals surface area contributed by atoms with E-state index in [0.29, 0.717) is 18.9 Å². The number of carbonyl (C=O) groups excluding carboxylic acids is 1. The standard InChI is InChI=1S/C26H33ClFN3O5/c1-3-10-31(20-8-11-36-12-9-20)24-7-4-17(18(16-35-2)14-25(32)33)13-23(24)30-26(34)29-22-6-5-19(27)15-21(22)28/h4-7,13,15,18,20H,3,8-12,14,16H2,1-2H3,(H,32,33)(H2,29,30,34)/t18-/m1/s1. The van der Waals surface area contributed by atoms with Crippen molar-refractivity contribution in [3.8, 4) is 0 Å². The van der Waals surface area contributed by atoms with Crippen LogP contribution in [0.2, 0.25) is 5.02 Å². The molecule has 0 radical (unpaired) electrons. The summed E-state index contributed by atoms with van der Waals surface area (Å²) in [5.41, 5.74) is 2.03. The predicted octanol–water partition coefficient (Wildman–Crippen LogP) is 5.72. The molecule has 0 aliphatic carbocycles. The molecule has 2 aromatic carbocycles. The third kappa shape index (κ3) is 7.56. The fraction of sp³-hybridized carbons (Fsp3) is 0.462. The van der Waals surface area contributed by atoms with Gasteiger partial charge in [0.25, 0.3) is 0 Å². The molecule has 3 N–H and O–H groups in total. The lowest BCUT2D eigenvalue weighted by molar-refractivity contribution is -0.137. The second kappa shape index (κ2) is 13.4. The Kier molecular flexibility index (Phi) is 10.3. The van der Waals surface area contributed by atoms with E-state index < -0.39 is 23.7 Å². The smallest absolute Gasteiger partial charge is 0.323 e. The first kappa shape index (κ1) is 27.7. The fourth-order valence-corrected chi connectivity index (χ4v) is 4.61. The Labute approximate surface area is 215 Å². The van der Waals surface area contributed by atoms with Gasteiger partial charge in [-0.15, -0.1) is 0 Å². The van der Waals surface area contributed by atoms with Crippen molar-refractivity contribution < 1.29 is 28.6 Å². The number of hydrogen-bond donors (Lipinski definition) is 3. The lowest BCUT2D eigenvalue weighted by atomic mass is 9.95. The van der Waals surface area contributed by atoms with Crippen LogP contribution >= 0.6 is 11.6 Å². The van der Waals surface area contributed by atoms with Crippen LogP contribution < -0.4 is 15.5 Å². The predicted molar refractivity (Wildman–Crippen MR) is 139 cm³/mol. The molecule has 196 valence electrons. The number of hydrogen-bond acceptors (Lipinski definition) is 5. The van der Waals surface area contributed by atoms with Gasteiger partial charge in [0.15, 0.2) is 0 Å². The van der Waals surface area contributed by atoms with Crippen LogP contribution in [0.25, 0.3) is 0 Å². The summed E-state index contributed by atoms with van der Waals surface area (Å²) in [5.74, 6) is -1.99. The molecule has 2 amide bonds. The number of urea groups is 1. The Morgan fingerprint density at radius 3 is 2.56 bits per heavy atom. The summed E-state index contributed by atoms with van der Waals surface area (Å²) in [6, 6.07) is 9.17. The van der Waals surface area contributed by atoms with Gasteiger partial charge in [-0.05, 0) is 55.2 Å². The van der Waals surface area contributed by atoms with Crippen LogP contribution in [0.15, 0.2) is 36.4 Å². The highest BCUT2D eigenvalue weighted by Gasteiger charge is 2.25. The number of nitrogens with zero attached hydrogens (tertiary/aromatic N) is 1. The zero-order valence-electron chi connectivity index (χ0n) is 20.6. The molecule has 1 atom stereocenters. The first-order valence-electron chi connectivity index (χ1n) is 12.0. The minimum absolute atomic E-state index is 0.00687. The summed E-state index contributed by atoms with van der Waals surface area (Å²) in [6.45, 7) is 4.40. The minimum atomic E-state index is -0.943. The number of carbonyl (C=O) groups is 2. The summed E-state index contributed by atoms with van der Waals surface area (Å²) < 4.78 is 25.1. The van der Waals surface area contributed by atoms with Crippen molar-refractivity contribution in [1.82, 2.24) is 0 Å². The normalized spacial score (nSPS) is 14.8. The SMILES string of the molecule is CCCN(c1ccc([C@@H](COC)CC(=O)O)cc1NC(=O)Nc1ccc(Cl)cc1F)C1CCOCC1. The maximum atomic E-state index is 14.3. The van der Waals surface area contributed by atoms with E-state index in [1.54, 1.807) is 6.07 Å². The van der Waals surface area contributed by atoms with Crippen LogP contribution in [0.4, 0.5) is 26.2 Å². The van der Waals surface area contributed by atoms with Crippen LogP contribution in [-0.2, 0) is 14.3 Å². The van der Waals surface area contributed by atoms with Crippen LogP contribution in [0.1, 0.15) is 44.1 Å². The lowest BCUT2D eigenvalue weighted by Gasteiger charge is -2.37. The van der Waals surface area contributed by atoms with Crippen LogP contribution in [-0.4, -0.2) is 56.6 Å². The molecule has 2 aromatic rings. The molecule has 0 spiro atoms. The van der Waals surface area contributed by atoms with E-state index in [0.717, 1.165) is 43.1 Å². The third-order valence-corrected chi connectivity index (χ3v) is 6.35. The van der Waals surface area contributed by atoms with E-state index in [1.165, 1.54) is 19.2 Å². The topological polar surface area (TPSA) is 100 Å². The van der Waals surface area contributed by atoms with Crippen molar-refractivity contribution in [3.63, 3.8) is 0 Å². The lowest BCUT2D eigenvalue weighted by Crippen LogP contribution is -2.40. The number of carboxylic acid groups (broad SMARTS) is 1. The molecule has 0 saturated carbocycles. The van der Waals surface area contributed by atoms with Gasteiger partial charge in [0.2, 0.25) is 0 Å². The number of ether oxygens (including phenoxy) is 2. The average molecular weight is 522 g/mol. The van der Waals surface area contributed by atoms with Crippen molar-refractivity contribution >= 4 is 40.7 Å². The van der Waals surface area contributed by atoms with Crippen LogP contribution in [0, 0.1) is 5.82 Å². The van der Waals surface area contributed by atoms with Crippen molar-refractivity contribution in [3.05, 3.63) is 52.8 Å². The maximum Gasteiger partial charge on any atom is 0.323 e. The first-order chi connectivity index (χ1) is 17.3. The highest BCUT2D eigenvalue weighted by Crippen LogP contribution is 2.34. The number of amides is 2. The van der Waals surface area contributed by atoms with E-state index in [-0.39, 0.29) is 29.8 Å². The molecular weight excluding hydrogens is 489 g/mol. The van der Waals surface area contributed by atoms with E-state index in [2.05, 4.69) is 22.5 Å². The Balaban J connectivity index is 1.96. The monoisotopic (exact) mass is 521 g/mol. The number of rotatable bonds is 11. The van der Waals surface area contributed by atoms with Crippen molar-refractivity contribution in [2.24, 2.45) is 0 Å². The van der Waals surface area contributed by atoms with Gasteiger partial charge in [0.05, 0.1) is 30.1 Å². The van der Waals surface area contributed by atoms with Crippen LogP contribution in [0.3, 0.4) is 0 Å². The van der Waals surface area contributed by atoms with Gasteiger partial charge in [-0.3, -0.25) is 4.79 Å². The van der Waals surface area contributed by atoms with E-state index in [9.17, 15) is 19.1 Å². The van der Waals surface area contributed by atoms with Gasteiger partial charge in [-0.1, -0.05) is 24.6 Å². The molecule has 10 heteroatoms. The number of aliphatic carboxylic acids is 1. The molecule has 1 saturated heterocycles. The summed E-state index contributed by atoms with van der Waals surface area (Å²) in [5, 5.41) is 15.0. The third-order valence-electron chi connectivity index (χ3n) is 6.11. The van der Waals surface area contributed by atoms with E-state index in [4.69, 9.17) is 21.1 Å². The van der Waals surface area contributed by atoms with Crippen molar-refractivity contribution in [2.75, 3.05) is 49.0 Å². The van der Waals surface area contributed by atoms with Gasteiger partial charge in [0, 0.05) is 43.9 Å². The molecule has 1 aliphatic rings. The Morgan fingerprint density at radius 2 is 1.92 bits per heavy atom. The largest absolute Gasteiger partial charge is 0.481 e. The zero-order valence-corrected chi connectivity index (χ0v) is 21.3. The molecule has 36 heavy (non-hydrogen) atoms. The molecular formula is C26H33ClFN3O5. The second-order valence-electron chi connectivity index (χ2n) is 8.77. The summed E-state index contributed by atoms with van der Waals surface area (Å²) in [4.78, 5) is 26.6. The van der Waals surface area contributed by atoms with Gasteiger partial charge in [-0.2, -0.15) is 0 Å². The molecule has 1 aliphatic heterocycles. The molecule has 8 nitrogen and oxygen atoms in total. The molecule has 3 rings (SSSR count). The van der Waals surface area contributed by atoms with Crippen molar-refractivity contribution in [1.29, 1.82) is 0 Å². The average Bonchev–Trinajstić information content (AvgIpc) is 2.84. The molecule has 1 heterocycles. The summed E-state index contributed by atoms with van der Waals surface area (Å²) in [7, 11) is 1.52. The zero-order chi connectivity index (χ0) is 26.1. The Bertz CT molecular complexity index is 1050.